The van der Waals surface area contributed by atoms with E-state index in [-0.39, 0.29) is 29.8 Å². The molecule has 0 aromatic heterocycles. The van der Waals surface area contributed by atoms with Crippen LogP contribution in [0.25, 0.3) is 0 Å². The third kappa shape index (κ3) is 4.49. The Balaban J connectivity index is 2.82. The maximum absolute atomic E-state index is 12.6. The molecule has 0 saturated carbocycles. The van der Waals surface area contributed by atoms with Crippen LogP contribution in [0.5, 0.6) is 0 Å². The van der Waals surface area contributed by atoms with Crippen molar-refractivity contribution < 1.29 is 14.7 Å². The van der Waals surface area contributed by atoms with Crippen molar-refractivity contribution in [1.82, 2.24) is 10.2 Å². The van der Waals surface area contributed by atoms with E-state index in [0.29, 0.717) is 6.54 Å². The van der Waals surface area contributed by atoms with Crippen molar-refractivity contribution in [2.45, 2.75) is 46.6 Å². The first-order chi connectivity index (χ1) is 8.74. The molecule has 0 aromatic rings. The molecule has 110 valence electrons. The normalized spacial score (nSPS) is 22.3. The molecule has 1 aliphatic heterocycles. The van der Waals surface area contributed by atoms with Crippen molar-refractivity contribution in [1.29, 1.82) is 0 Å². The third-order valence-corrected chi connectivity index (χ3v) is 3.60. The second-order valence-corrected chi connectivity index (χ2v) is 6.49. The van der Waals surface area contributed by atoms with Crippen molar-refractivity contribution in [2.24, 2.45) is 11.3 Å². The summed E-state index contributed by atoms with van der Waals surface area (Å²) in [6.45, 7) is 9.20. The number of carboxylic acids is 1. The van der Waals surface area contributed by atoms with Gasteiger partial charge in [0.05, 0.1) is 6.04 Å². The number of hydrogen-bond acceptors (Lipinski definition) is 3. The highest BCUT2D eigenvalue weighted by molar-refractivity contribution is 5.86. The highest BCUT2D eigenvalue weighted by atomic mass is 16.4. The SMILES string of the molecule is CC(C)CN(CC(=O)O)C(=O)C1NCCCC1(C)C. The van der Waals surface area contributed by atoms with Gasteiger partial charge >= 0.3 is 5.97 Å². The van der Waals surface area contributed by atoms with Crippen molar-refractivity contribution in [3.8, 4) is 0 Å². The summed E-state index contributed by atoms with van der Waals surface area (Å²) < 4.78 is 0. The Bertz CT molecular complexity index is 340. The second-order valence-electron chi connectivity index (χ2n) is 6.49. The number of aliphatic carboxylic acids is 1. The molecule has 0 aromatic carbocycles. The van der Waals surface area contributed by atoms with Crippen LogP contribution < -0.4 is 5.32 Å². The fourth-order valence-corrected chi connectivity index (χ4v) is 2.65. The van der Waals surface area contributed by atoms with Gasteiger partial charge in [0.1, 0.15) is 6.54 Å². The number of nitrogens with zero attached hydrogens (tertiary/aromatic N) is 1. The lowest BCUT2D eigenvalue weighted by molar-refractivity contribution is -0.147. The van der Waals surface area contributed by atoms with Crippen molar-refractivity contribution >= 4 is 11.9 Å². The topological polar surface area (TPSA) is 69.6 Å². The number of carbonyl (C=O) groups excluding carboxylic acids is 1. The van der Waals surface area contributed by atoms with Crippen LogP contribution in [0.2, 0.25) is 0 Å². The molecule has 1 saturated heterocycles. The Labute approximate surface area is 115 Å². The molecule has 0 spiro atoms. The summed E-state index contributed by atoms with van der Waals surface area (Å²) in [5.41, 5.74) is -0.122. The van der Waals surface area contributed by atoms with Gasteiger partial charge in [-0.3, -0.25) is 9.59 Å². The highest BCUT2D eigenvalue weighted by Crippen LogP contribution is 2.31. The van der Waals surface area contributed by atoms with E-state index in [9.17, 15) is 9.59 Å². The minimum atomic E-state index is -0.956. The Hall–Kier alpha value is -1.10. The van der Waals surface area contributed by atoms with Gasteiger partial charge in [-0.15, -0.1) is 0 Å². The summed E-state index contributed by atoms with van der Waals surface area (Å²) in [7, 11) is 0. The van der Waals surface area contributed by atoms with Gasteiger partial charge in [-0.2, -0.15) is 0 Å². The number of amides is 1. The molecule has 1 rings (SSSR count). The van der Waals surface area contributed by atoms with Gasteiger partial charge in [-0.25, -0.2) is 0 Å². The number of hydrogen-bond donors (Lipinski definition) is 2. The molecule has 19 heavy (non-hydrogen) atoms. The average molecular weight is 270 g/mol. The first kappa shape index (κ1) is 16.0. The number of piperidine rings is 1. The molecule has 2 N–H and O–H groups in total. The third-order valence-electron chi connectivity index (χ3n) is 3.60. The summed E-state index contributed by atoms with van der Waals surface area (Å²) in [6, 6.07) is -0.278. The molecular weight excluding hydrogens is 244 g/mol. The van der Waals surface area contributed by atoms with E-state index in [1.165, 1.54) is 4.90 Å². The van der Waals surface area contributed by atoms with Gasteiger partial charge in [0.25, 0.3) is 0 Å². The van der Waals surface area contributed by atoms with E-state index in [2.05, 4.69) is 19.2 Å². The summed E-state index contributed by atoms with van der Waals surface area (Å²) in [5, 5.41) is 12.2. The lowest BCUT2D eigenvalue weighted by Gasteiger charge is -2.40. The van der Waals surface area contributed by atoms with Crippen LogP contribution in [0.3, 0.4) is 0 Å². The van der Waals surface area contributed by atoms with Crippen molar-refractivity contribution in [3.63, 3.8) is 0 Å². The van der Waals surface area contributed by atoms with Crippen LogP contribution in [0.1, 0.15) is 40.5 Å². The quantitative estimate of drug-likeness (QED) is 0.791. The zero-order valence-electron chi connectivity index (χ0n) is 12.4. The van der Waals surface area contributed by atoms with Crippen LogP contribution in [0, 0.1) is 11.3 Å². The van der Waals surface area contributed by atoms with E-state index in [1.54, 1.807) is 0 Å². The lowest BCUT2D eigenvalue weighted by atomic mass is 9.77. The van der Waals surface area contributed by atoms with Crippen LogP contribution in [0.4, 0.5) is 0 Å². The minimum Gasteiger partial charge on any atom is -0.480 e. The van der Waals surface area contributed by atoms with Gasteiger partial charge in [0.15, 0.2) is 0 Å². The summed E-state index contributed by atoms with van der Waals surface area (Å²) in [6.07, 6.45) is 2.04. The van der Waals surface area contributed by atoms with E-state index < -0.39 is 5.97 Å². The molecule has 1 amide bonds. The van der Waals surface area contributed by atoms with Gasteiger partial charge in [0, 0.05) is 6.54 Å². The summed E-state index contributed by atoms with van der Waals surface area (Å²) in [4.78, 5) is 25.0. The standard InChI is InChI=1S/C14H26N2O3/c1-10(2)8-16(9-11(17)18)13(19)12-14(3,4)6-5-7-15-12/h10,12,15H,5-9H2,1-4H3,(H,17,18). The predicted molar refractivity (Wildman–Crippen MR) is 73.9 cm³/mol. The van der Waals surface area contributed by atoms with E-state index in [0.717, 1.165) is 19.4 Å². The maximum Gasteiger partial charge on any atom is 0.323 e. The molecule has 5 nitrogen and oxygen atoms in total. The van der Waals surface area contributed by atoms with E-state index >= 15 is 0 Å². The molecule has 0 bridgehead atoms. The summed E-state index contributed by atoms with van der Waals surface area (Å²) >= 11 is 0. The molecule has 1 heterocycles. The fraction of sp³-hybridized carbons (Fsp3) is 0.857. The lowest BCUT2D eigenvalue weighted by Crippen LogP contribution is -2.57. The smallest absolute Gasteiger partial charge is 0.323 e. The van der Waals surface area contributed by atoms with Gasteiger partial charge in [0.2, 0.25) is 5.91 Å². The average Bonchev–Trinajstić information content (AvgIpc) is 2.25. The molecule has 1 aliphatic rings. The van der Waals surface area contributed by atoms with Crippen LogP contribution in [-0.4, -0.2) is 47.6 Å². The summed E-state index contributed by atoms with van der Waals surface area (Å²) in [5.74, 6) is -0.779. The first-order valence-corrected chi connectivity index (χ1v) is 6.98. The van der Waals surface area contributed by atoms with Crippen LogP contribution in [-0.2, 0) is 9.59 Å². The number of nitrogens with one attached hydrogen (secondary N) is 1. The number of carbonyl (C=O) groups is 2. The highest BCUT2D eigenvalue weighted by Gasteiger charge is 2.39. The van der Waals surface area contributed by atoms with Crippen LogP contribution >= 0.6 is 0 Å². The molecule has 5 heteroatoms. The predicted octanol–water partition coefficient (Wildman–Crippen LogP) is 1.33. The molecule has 0 aliphatic carbocycles. The van der Waals surface area contributed by atoms with Gasteiger partial charge in [-0.1, -0.05) is 27.7 Å². The maximum atomic E-state index is 12.6. The largest absolute Gasteiger partial charge is 0.480 e. The first-order valence-electron chi connectivity index (χ1n) is 6.98. The monoisotopic (exact) mass is 270 g/mol. The molecule has 0 radical (unpaired) electrons. The molecule has 1 atom stereocenters. The minimum absolute atomic E-state index is 0.0826. The molecule has 1 unspecified atom stereocenters. The van der Waals surface area contributed by atoms with Crippen molar-refractivity contribution in [3.05, 3.63) is 0 Å². The molecular formula is C14H26N2O3. The van der Waals surface area contributed by atoms with Crippen molar-refractivity contribution in [2.75, 3.05) is 19.6 Å². The second kappa shape index (κ2) is 6.37. The van der Waals surface area contributed by atoms with E-state index in [1.807, 2.05) is 13.8 Å². The zero-order chi connectivity index (χ0) is 14.6. The van der Waals surface area contributed by atoms with Gasteiger partial charge in [-0.05, 0) is 30.7 Å². The fourth-order valence-electron chi connectivity index (χ4n) is 2.65. The molecule has 1 fully saturated rings. The zero-order valence-corrected chi connectivity index (χ0v) is 12.4. The van der Waals surface area contributed by atoms with E-state index in [4.69, 9.17) is 5.11 Å². The number of rotatable bonds is 5. The number of carboxylic acid groups (broad SMARTS) is 1. The Morgan fingerprint density at radius 1 is 1.42 bits per heavy atom. The Kier molecular flexibility index (Phi) is 5.35. The van der Waals surface area contributed by atoms with Crippen LogP contribution in [0.15, 0.2) is 0 Å². The van der Waals surface area contributed by atoms with Gasteiger partial charge < -0.3 is 15.3 Å². The Morgan fingerprint density at radius 3 is 2.53 bits per heavy atom. The Morgan fingerprint density at radius 2 is 2.05 bits per heavy atom.